The van der Waals surface area contributed by atoms with Crippen molar-refractivity contribution in [3.63, 3.8) is 0 Å². The molecule has 1 N–H and O–H groups in total. The lowest BCUT2D eigenvalue weighted by molar-refractivity contribution is 0.306. The van der Waals surface area contributed by atoms with Crippen molar-refractivity contribution in [3.05, 3.63) is 64.7 Å². The number of benzene rings is 2. The molecule has 0 aliphatic heterocycles. The Bertz CT molecular complexity index is 510. The smallest absolute Gasteiger partial charge is 0.119 e. The fourth-order valence-corrected chi connectivity index (χ4v) is 1.98. The van der Waals surface area contributed by atoms with Crippen LogP contribution in [0.15, 0.2) is 48.5 Å². The Labute approximate surface area is 119 Å². The van der Waals surface area contributed by atoms with E-state index in [-0.39, 0.29) is 0 Å². The van der Waals surface area contributed by atoms with E-state index in [0.717, 1.165) is 29.4 Å². The Morgan fingerprint density at radius 1 is 1.05 bits per heavy atom. The molecule has 0 radical (unpaired) electrons. The van der Waals surface area contributed by atoms with E-state index in [2.05, 4.69) is 24.4 Å². The van der Waals surface area contributed by atoms with Gasteiger partial charge in [-0.05, 0) is 41.9 Å². The first-order chi connectivity index (χ1) is 9.28. The maximum atomic E-state index is 5.93. The molecule has 3 heteroatoms. The molecule has 0 atom stereocenters. The quantitative estimate of drug-likeness (QED) is 0.859. The Kier molecular flexibility index (Phi) is 5.25. The number of nitrogens with one attached hydrogen (secondary N) is 1. The summed E-state index contributed by atoms with van der Waals surface area (Å²) in [5, 5.41) is 4.03. The summed E-state index contributed by atoms with van der Waals surface area (Å²) in [6.07, 6.45) is 0. The van der Waals surface area contributed by atoms with Crippen LogP contribution in [0.25, 0.3) is 0 Å². The molecule has 19 heavy (non-hydrogen) atoms. The molecule has 0 saturated carbocycles. The third kappa shape index (κ3) is 4.58. The average molecular weight is 276 g/mol. The highest BCUT2D eigenvalue weighted by molar-refractivity contribution is 6.30. The molecule has 0 unspecified atom stereocenters. The van der Waals surface area contributed by atoms with Gasteiger partial charge in [0.1, 0.15) is 12.4 Å². The predicted molar refractivity (Wildman–Crippen MR) is 79.6 cm³/mol. The molecule has 2 aromatic carbocycles. The van der Waals surface area contributed by atoms with Crippen LogP contribution < -0.4 is 10.1 Å². The molecule has 0 aliphatic rings. The topological polar surface area (TPSA) is 21.3 Å². The summed E-state index contributed by atoms with van der Waals surface area (Å²) in [4.78, 5) is 0. The lowest BCUT2D eigenvalue weighted by Crippen LogP contribution is -2.11. The minimum atomic E-state index is 0.535. The standard InChI is InChI=1S/C16H18ClNO/c1-2-18-11-13-6-8-16(9-7-13)19-12-14-4-3-5-15(17)10-14/h3-10,18H,2,11-12H2,1H3. The highest BCUT2D eigenvalue weighted by atomic mass is 35.5. The van der Waals surface area contributed by atoms with Crippen LogP contribution in [0.3, 0.4) is 0 Å². The van der Waals surface area contributed by atoms with Gasteiger partial charge in [-0.25, -0.2) is 0 Å². The monoisotopic (exact) mass is 275 g/mol. The number of halogens is 1. The van der Waals surface area contributed by atoms with Gasteiger partial charge < -0.3 is 10.1 Å². The van der Waals surface area contributed by atoms with E-state index in [9.17, 15) is 0 Å². The molecule has 100 valence electrons. The van der Waals surface area contributed by atoms with Gasteiger partial charge in [0, 0.05) is 11.6 Å². The van der Waals surface area contributed by atoms with Gasteiger partial charge in [-0.3, -0.25) is 0 Å². The summed E-state index contributed by atoms with van der Waals surface area (Å²) in [5.41, 5.74) is 2.33. The molecule has 0 amide bonds. The Balaban J connectivity index is 1.89. The molecular weight excluding hydrogens is 258 g/mol. The van der Waals surface area contributed by atoms with E-state index in [1.165, 1.54) is 5.56 Å². The van der Waals surface area contributed by atoms with Gasteiger partial charge in [-0.1, -0.05) is 42.8 Å². The average Bonchev–Trinajstić information content (AvgIpc) is 2.44. The second kappa shape index (κ2) is 7.17. The minimum absolute atomic E-state index is 0.535. The predicted octanol–water partition coefficient (Wildman–Crippen LogP) is 4.03. The van der Waals surface area contributed by atoms with Crippen LogP contribution in [0.5, 0.6) is 5.75 Å². The van der Waals surface area contributed by atoms with Crippen molar-refractivity contribution in [3.8, 4) is 5.75 Å². The number of hydrogen-bond donors (Lipinski definition) is 1. The van der Waals surface area contributed by atoms with Crippen molar-refractivity contribution in [1.29, 1.82) is 0 Å². The summed E-state index contributed by atoms with van der Waals surface area (Å²) in [6.45, 7) is 4.51. The van der Waals surface area contributed by atoms with E-state index in [1.54, 1.807) is 0 Å². The fourth-order valence-electron chi connectivity index (χ4n) is 1.77. The van der Waals surface area contributed by atoms with Crippen LogP contribution in [0, 0.1) is 0 Å². The minimum Gasteiger partial charge on any atom is -0.489 e. The zero-order valence-electron chi connectivity index (χ0n) is 11.0. The van der Waals surface area contributed by atoms with Crippen LogP contribution in [0.2, 0.25) is 5.02 Å². The van der Waals surface area contributed by atoms with Crippen LogP contribution in [-0.2, 0) is 13.2 Å². The van der Waals surface area contributed by atoms with Crippen molar-refractivity contribution in [1.82, 2.24) is 5.32 Å². The first-order valence-electron chi connectivity index (χ1n) is 6.45. The van der Waals surface area contributed by atoms with E-state index in [4.69, 9.17) is 16.3 Å². The summed E-state index contributed by atoms with van der Waals surface area (Å²) in [7, 11) is 0. The van der Waals surface area contributed by atoms with Crippen molar-refractivity contribution in [2.75, 3.05) is 6.54 Å². The van der Waals surface area contributed by atoms with Gasteiger partial charge in [0.2, 0.25) is 0 Å². The van der Waals surface area contributed by atoms with Crippen LogP contribution in [0.1, 0.15) is 18.1 Å². The van der Waals surface area contributed by atoms with Crippen molar-refractivity contribution < 1.29 is 4.74 Å². The molecule has 0 aliphatic carbocycles. The van der Waals surface area contributed by atoms with Gasteiger partial charge in [0.15, 0.2) is 0 Å². The van der Waals surface area contributed by atoms with Crippen molar-refractivity contribution in [2.45, 2.75) is 20.1 Å². The molecule has 0 heterocycles. The highest BCUT2D eigenvalue weighted by Gasteiger charge is 1.98. The van der Waals surface area contributed by atoms with Gasteiger partial charge >= 0.3 is 0 Å². The van der Waals surface area contributed by atoms with Crippen LogP contribution in [-0.4, -0.2) is 6.54 Å². The van der Waals surface area contributed by atoms with Crippen molar-refractivity contribution in [2.24, 2.45) is 0 Å². The summed E-state index contributed by atoms with van der Waals surface area (Å²) < 4.78 is 5.73. The Morgan fingerprint density at radius 2 is 1.84 bits per heavy atom. The van der Waals surface area contributed by atoms with Gasteiger partial charge in [0.25, 0.3) is 0 Å². The van der Waals surface area contributed by atoms with Gasteiger partial charge in [-0.2, -0.15) is 0 Å². The molecule has 0 bridgehead atoms. The summed E-state index contributed by atoms with van der Waals surface area (Å²) in [5.74, 6) is 0.875. The fraction of sp³-hybridized carbons (Fsp3) is 0.250. The zero-order chi connectivity index (χ0) is 13.5. The maximum absolute atomic E-state index is 5.93. The van der Waals surface area contributed by atoms with Crippen molar-refractivity contribution >= 4 is 11.6 Å². The molecule has 2 nitrogen and oxygen atoms in total. The molecule has 0 aromatic heterocycles. The van der Waals surface area contributed by atoms with E-state index in [0.29, 0.717) is 6.61 Å². The maximum Gasteiger partial charge on any atom is 0.119 e. The Morgan fingerprint density at radius 3 is 2.53 bits per heavy atom. The second-order valence-corrected chi connectivity index (χ2v) is 4.78. The summed E-state index contributed by atoms with van der Waals surface area (Å²) >= 11 is 5.93. The SMILES string of the molecule is CCNCc1ccc(OCc2cccc(Cl)c2)cc1. The highest BCUT2D eigenvalue weighted by Crippen LogP contribution is 2.16. The first kappa shape index (κ1) is 13.9. The van der Waals surface area contributed by atoms with E-state index < -0.39 is 0 Å². The number of ether oxygens (including phenoxy) is 1. The molecule has 2 rings (SSSR count). The third-order valence-corrected chi connectivity index (χ3v) is 3.03. The molecule has 2 aromatic rings. The molecular formula is C16H18ClNO. The van der Waals surface area contributed by atoms with Crippen LogP contribution in [0.4, 0.5) is 0 Å². The Hall–Kier alpha value is -1.51. The largest absolute Gasteiger partial charge is 0.489 e. The number of rotatable bonds is 6. The third-order valence-electron chi connectivity index (χ3n) is 2.80. The van der Waals surface area contributed by atoms with E-state index in [1.807, 2.05) is 36.4 Å². The lowest BCUT2D eigenvalue weighted by Gasteiger charge is -2.08. The normalized spacial score (nSPS) is 10.4. The van der Waals surface area contributed by atoms with Crippen LogP contribution >= 0.6 is 11.6 Å². The zero-order valence-corrected chi connectivity index (χ0v) is 11.8. The van der Waals surface area contributed by atoms with Gasteiger partial charge in [-0.15, -0.1) is 0 Å². The summed E-state index contributed by atoms with van der Waals surface area (Å²) in [6, 6.07) is 15.9. The molecule has 0 spiro atoms. The second-order valence-electron chi connectivity index (χ2n) is 4.34. The molecule has 0 saturated heterocycles. The van der Waals surface area contributed by atoms with Gasteiger partial charge in [0.05, 0.1) is 0 Å². The van der Waals surface area contributed by atoms with E-state index >= 15 is 0 Å². The molecule has 0 fully saturated rings. The number of hydrogen-bond acceptors (Lipinski definition) is 2. The lowest BCUT2D eigenvalue weighted by atomic mass is 10.2. The first-order valence-corrected chi connectivity index (χ1v) is 6.82.